The molecule has 1 aliphatic rings. The Morgan fingerprint density at radius 2 is 2.10 bits per heavy atom. The van der Waals surface area contributed by atoms with Crippen LogP contribution < -0.4 is 9.47 Å². The summed E-state index contributed by atoms with van der Waals surface area (Å²) in [7, 11) is 1.96. The second-order valence-corrected chi connectivity index (χ2v) is 5.24. The Labute approximate surface area is 125 Å². The molecule has 2 rings (SSSR count). The predicted octanol–water partition coefficient (Wildman–Crippen LogP) is 2.20. The van der Waals surface area contributed by atoms with Gasteiger partial charge in [0.05, 0.1) is 18.1 Å². The first kappa shape index (κ1) is 15.2. The summed E-state index contributed by atoms with van der Waals surface area (Å²) in [6, 6.07) is 12.0. The molecule has 0 bridgehead atoms. The maximum Gasteiger partial charge on any atom is 0.161 e. The van der Waals surface area contributed by atoms with Crippen LogP contribution in [0.5, 0.6) is 11.5 Å². The summed E-state index contributed by atoms with van der Waals surface area (Å²) in [5.74, 6) is 1.43. The third-order valence-corrected chi connectivity index (χ3v) is 3.40. The van der Waals surface area contributed by atoms with Gasteiger partial charge < -0.3 is 14.4 Å². The van der Waals surface area contributed by atoms with Crippen molar-refractivity contribution in [3.8, 4) is 23.6 Å². The van der Waals surface area contributed by atoms with Gasteiger partial charge in [0.15, 0.2) is 11.5 Å². The first-order valence-electron chi connectivity index (χ1n) is 7.06. The highest BCUT2D eigenvalue weighted by molar-refractivity contribution is 5.40. The van der Waals surface area contributed by atoms with Gasteiger partial charge in [-0.25, -0.2) is 0 Å². The van der Waals surface area contributed by atoms with Gasteiger partial charge in [-0.1, -0.05) is 12.1 Å². The monoisotopic (exact) mass is 285 g/mol. The average Bonchev–Trinajstić information content (AvgIpc) is 2.51. The first-order chi connectivity index (χ1) is 10.2. The van der Waals surface area contributed by atoms with Crippen molar-refractivity contribution in [2.24, 2.45) is 5.92 Å². The molecule has 110 valence electrons. The van der Waals surface area contributed by atoms with Crippen molar-refractivity contribution in [2.75, 3.05) is 26.7 Å². The highest BCUT2D eigenvalue weighted by atomic mass is 16.6. The van der Waals surface area contributed by atoms with Crippen LogP contribution in [0.15, 0.2) is 24.3 Å². The fourth-order valence-corrected chi connectivity index (χ4v) is 2.39. The topological polar surface area (TPSA) is 69.3 Å². The lowest BCUT2D eigenvalue weighted by molar-refractivity contribution is 0.0632. The average molecular weight is 285 g/mol. The van der Waals surface area contributed by atoms with Crippen LogP contribution in [0.25, 0.3) is 0 Å². The molecule has 1 heterocycles. The summed E-state index contributed by atoms with van der Waals surface area (Å²) < 4.78 is 11.6. The molecule has 5 nitrogen and oxygen atoms in total. The number of likely N-dealkylation sites (N-methyl/N-ethyl adjacent to an activating group) is 1. The molecule has 0 saturated carbocycles. The van der Waals surface area contributed by atoms with Gasteiger partial charge in [-0.2, -0.15) is 10.5 Å². The van der Waals surface area contributed by atoms with Gasteiger partial charge in [-0.05, 0) is 25.6 Å². The van der Waals surface area contributed by atoms with Crippen molar-refractivity contribution in [1.82, 2.24) is 4.90 Å². The van der Waals surface area contributed by atoms with Crippen molar-refractivity contribution in [1.29, 1.82) is 10.5 Å². The van der Waals surface area contributed by atoms with E-state index in [1.807, 2.05) is 31.3 Å². The van der Waals surface area contributed by atoms with Gasteiger partial charge in [-0.15, -0.1) is 0 Å². The minimum absolute atomic E-state index is 0.0415. The number of fused-ring (bicyclic) bond motifs is 1. The third-order valence-electron chi connectivity index (χ3n) is 3.40. The highest BCUT2D eigenvalue weighted by Gasteiger charge is 2.22. The lowest BCUT2D eigenvalue weighted by Crippen LogP contribution is -2.40. The van der Waals surface area contributed by atoms with E-state index in [1.165, 1.54) is 0 Å². The zero-order valence-electron chi connectivity index (χ0n) is 12.2. The minimum Gasteiger partial charge on any atom is -0.486 e. The molecule has 1 aromatic rings. The van der Waals surface area contributed by atoms with Gasteiger partial charge in [0.2, 0.25) is 0 Å². The second kappa shape index (κ2) is 7.52. The number of hydrogen-bond acceptors (Lipinski definition) is 5. The van der Waals surface area contributed by atoms with Crippen LogP contribution >= 0.6 is 0 Å². The SMILES string of the molecule is CN(C[C@@H](C#N)CCC#N)C[C@@H]1COc2ccccc2O1. The molecule has 5 heteroatoms. The number of para-hydroxylation sites is 2. The molecule has 2 atom stereocenters. The molecule has 0 aromatic heterocycles. The summed E-state index contributed by atoms with van der Waals surface area (Å²) in [6.45, 7) is 1.84. The van der Waals surface area contributed by atoms with Gasteiger partial charge in [0.25, 0.3) is 0 Å². The lowest BCUT2D eigenvalue weighted by atomic mass is 10.1. The van der Waals surface area contributed by atoms with Crippen LogP contribution in [-0.4, -0.2) is 37.7 Å². The van der Waals surface area contributed by atoms with E-state index in [0.717, 1.165) is 11.5 Å². The molecule has 1 aromatic carbocycles. The normalized spacial score (nSPS) is 17.8. The Hall–Kier alpha value is -2.24. The van der Waals surface area contributed by atoms with E-state index in [4.69, 9.17) is 20.0 Å². The zero-order valence-corrected chi connectivity index (χ0v) is 12.2. The zero-order chi connectivity index (χ0) is 15.1. The number of nitrogens with zero attached hydrogens (tertiary/aromatic N) is 3. The van der Waals surface area contributed by atoms with Crippen LogP contribution in [0.2, 0.25) is 0 Å². The van der Waals surface area contributed by atoms with Crippen LogP contribution in [-0.2, 0) is 0 Å². The van der Waals surface area contributed by atoms with Crippen LogP contribution in [0.4, 0.5) is 0 Å². The molecule has 0 fully saturated rings. The van der Waals surface area contributed by atoms with E-state index < -0.39 is 0 Å². The fraction of sp³-hybridized carbons (Fsp3) is 0.500. The van der Waals surface area contributed by atoms with Crippen molar-refractivity contribution >= 4 is 0 Å². The summed E-state index contributed by atoms with van der Waals surface area (Å²) in [6.07, 6.45) is 0.991. The lowest BCUT2D eigenvalue weighted by Gasteiger charge is -2.30. The van der Waals surface area contributed by atoms with Gasteiger partial charge in [-0.3, -0.25) is 0 Å². The minimum atomic E-state index is -0.119. The van der Waals surface area contributed by atoms with Crippen molar-refractivity contribution in [3.63, 3.8) is 0 Å². The summed E-state index contributed by atoms with van der Waals surface area (Å²) in [5, 5.41) is 17.7. The van der Waals surface area contributed by atoms with E-state index in [1.54, 1.807) is 0 Å². The maximum absolute atomic E-state index is 9.10. The Morgan fingerprint density at radius 1 is 1.33 bits per heavy atom. The Bertz CT molecular complexity index is 547. The molecule has 0 amide bonds. The third kappa shape index (κ3) is 4.37. The number of ether oxygens (including phenoxy) is 2. The van der Waals surface area contributed by atoms with Crippen LogP contribution in [0.3, 0.4) is 0 Å². The second-order valence-electron chi connectivity index (χ2n) is 5.24. The largest absolute Gasteiger partial charge is 0.486 e. The molecule has 0 spiro atoms. The number of benzene rings is 1. The summed E-state index contributed by atoms with van der Waals surface area (Å²) >= 11 is 0. The first-order valence-corrected chi connectivity index (χ1v) is 7.06. The van der Waals surface area contributed by atoms with E-state index in [0.29, 0.717) is 32.5 Å². The number of hydrogen-bond donors (Lipinski definition) is 0. The Morgan fingerprint density at radius 3 is 2.81 bits per heavy atom. The number of rotatable bonds is 6. The molecule has 0 unspecified atom stereocenters. The molecular formula is C16H19N3O2. The summed E-state index contributed by atoms with van der Waals surface area (Å²) in [4.78, 5) is 2.06. The van der Waals surface area contributed by atoms with Crippen LogP contribution in [0.1, 0.15) is 12.8 Å². The number of nitriles is 2. The molecule has 0 N–H and O–H groups in total. The van der Waals surface area contributed by atoms with Gasteiger partial charge in [0.1, 0.15) is 12.7 Å². The Kier molecular flexibility index (Phi) is 5.43. The highest BCUT2D eigenvalue weighted by Crippen LogP contribution is 2.30. The summed E-state index contributed by atoms with van der Waals surface area (Å²) in [5.41, 5.74) is 0. The van der Waals surface area contributed by atoms with Crippen molar-refractivity contribution in [3.05, 3.63) is 24.3 Å². The van der Waals surface area contributed by atoms with E-state index in [9.17, 15) is 0 Å². The molecule has 21 heavy (non-hydrogen) atoms. The molecule has 0 saturated heterocycles. The standard InChI is InChI=1S/C16H19N3O2/c1-19(10-13(9-18)5-4-8-17)11-14-12-20-15-6-2-3-7-16(15)21-14/h2-3,6-7,13-14H,4-5,10-12H2,1H3/t13-,14-/m1/s1. The molecule has 0 aliphatic carbocycles. The Balaban J connectivity index is 1.83. The van der Waals surface area contributed by atoms with Crippen LogP contribution in [0, 0.1) is 28.6 Å². The van der Waals surface area contributed by atoms with E-state index >= 15 is 0 Å². The smallest absolute Gasteiger partial charge is 0.161 e. The van der Waals surface area contributed by atoms with E-state index in [-0.39, 0.29) is 12.0 Å². The molecule has 1 aliphatic heterocycles. The fourth-order valence-electron chi connectivity index (χ4n) is 2.39. The molecule has 0 radical (unpaired) electrons. The predicted molar refractivity (Wildman–Crippen MR) is 77.8 cm³/mol. The van der Waals surface area contributed by atoms with Crippen molar-refractivity contribution in [2.45, 2.75) is 18.9 Å². The van der Waals surface area contributed by atoms with Gasteiger partial charge >= 0.3 is 0 Å². The molecular weight excluding hydrogens is 266 g/mol. The van der Waals surface area contributed by atoms with Gasteiger partial charge in [0, 0.05) is 19.5 Å². The van der Waals surface area contributed by atoms with Crippen molar-refractivity contribution < 1.29 is 9.47 Å². The quantitative estimate of drug-likeness (QED) is 0.801. The van der Waals surface area contributed by atoms with E-state index in [2.05, 4.69) is 17.0 Å². The maximum atomic E-state index is 9.10.